The van der Waals surface area contributed by atoms with Gasteiger partial charge in [0.1, 0.15) is 11.3 Å². The summed E-state index contributed by atoms with van der Waals surface area (Å²) in [6, 6.07) is 7.28. The van der Waals surface area contributed by atoms with Crippen molar-refractivity contribution in [3.8, 4) is 5.75 Å². The normalized spacial score (nSPS) is 10.3. The molecule has 0 fully saturated rings. The summed E-state index contributed by atoms with van der Waals surface area (Å²) < 4.78 is 0. The SMILES string of the molecule is NNC(=O)c1ccc2cc(O)c(C(=O)O)cc2c1. The monoisotopic (exact) mass is 246 g/mol. The number of carboxylic acid groups (broad SMARTS) is 1. The van der Waals surface area contributed by atoms with Gasteiger partial charge in [0.15, 0.2) is 0 Å². The molecule has 0 spiro atoms. The van der Waals surface area contributed by atoms with E-state index in [0.29, 0.717) is 16.3 Å². The van der Waals surface area contributed by atoms with E-state index >= 15 is 0 Å². The molecular weight excluding hydrogens is 236 g/mol. The van der Waals surface area contributed by atoms with E-state index < -0.39 is 11.9 Å². The number of amides is 1. The van der Waals surface area contributed by atoms with Gasteiger partial charge in [0.25, 0.3) is 5.91 Å². The first-order chi connectivity index (χ1) is 8.52. The van der Waals surface area contributed by atoms with Crippen molar-refractivity contribution in [3.05, 3.63) is 41.5 Å². The predicted octanol–water partition coefficient (Wildman–Crippen LogP) is 0.847. The minimum absolute atomic E-state index is 0.215. The van der Waals surface area contributed by atoms with Crippen molar-refractivity contribution < 1.29 is 19.8 Å². The van der Waals surface area contributed by atoms with E-state index in [1.807, 2.05) is 5.43 Å². The van der Waals surface area contributed by atoms with Crippen LogP contribution >= 0.6 is 0 Å². The van der Waals surface area contributed by atoms with Gasteiger partial charge in [0, 0.05) is 5.56 Å². The third kappa shape index (κ3) is 1.96. The van der Waals surface area contributed by atoms with Crippen molar-refractivity contribution in [2.45, 2.75) is 0 Å². The van der Waals surface area contributed by atoms with Gasteiger partial charge in [-0.1, -0.05) is 6.07 Å². The molecule has 0 aliphatic carbocycles. The Kier molecular flexibility index (Phi) is 2.86. The first kappa shape index (κ1) is 11.9. The molecule has 1 amide bonds. The Balaban J connectivity index is 2.65. The molecule has 2 aromatic carbocycles. The van der Waals surface area contributed by atoms with Crippen molar-refractivity contribution in [1.29, 1.82) is 0 Å². The maximum atomic E-state index is 11.3. The first-order valence-corrected chi connectivity index (χ1v) is 5.04. The van der Waals surface area contributed by atoms with Gasteiger partial charge in [-0.25, -0.2) is 10.6 Å². The largest absolute Gasteiger partial charge is 0.507 e. The summed E-state index contributed by atoms with van der Waals surface area (Å²) in [6.45, 7) is 0. The third-order valence-corrected chi connectivity index (χ3v) is 2.58. The lowest BCUT2D eigenvalue weighted by molar-refractivity contribution is 0.0693. The highest BCUT2D eigenvalue weighted by Crippen LogP contribution is 2.25. The quantitative estimate of drug-likeness (QED) is 0.356. The molecule has 5 N–H and O–H groups in total. The maximum Gasteiger partial charge on any atom is 0.339 e. The minimum atomic E-state index is -1.23. The van der Waals surface area contributed by atoms with E-state index in [1.165, 1.54) is 24.3 Å². The molecule has 0 aliphatic rings. The molecule has 0 saturated heterocycles. The number of carbonyl (C=O) groups excluding carboxylic acids is 1. The van der Waals surface area contributed by atoms with E-state index in [2.05, 4.69) is 0 Å². The lowest BCUT2D eigenvalue weighted by Gasteiger charge is -2.05. The number of nitrogens with two attached hydrogens (primary N) is 1. The summed E-state index contributed by atoms with van der Waals surface area (Å²) >= 11 is 0. The van der Waals surface area contributed by atoms with Crippen LogP contribution in [0.4, 0.5) is 0 Å². The number of rotatable bonds is 2. The van der Waals surface area contributed by atoms with Crippen LogP contribution in [0.15, 0.2) is 30.3 Å². The van der Waals surface area contributed by atoms with Crippen LogP contribution in [0.1, 0.15) is 20.7 Å². The molecule has 0 bridgehead atoms. The number of fused-ring (bicyclic) bond motifs is 1. The van der Waals surface area contributed by atoms with Gasteiger partial charge in [-0.15, -0.1) is 0 Å². The van der Waals surface area contributed by atoms with Crippen molar-refractivity contribution >= 4 is 22.6 Å². The average molecular weight is 246 g/mol. The molecule has 0 saturated carbocycles. The molecule has 0 aliphatic heterocycles. The number of carbonyl (C=O) groups is 2. The number of hydrogen-bond donors (Lipinski definition) is 4. The molecule has 2 rings (SSSR count). The number of hydrogen-bond acceptors (Lipinski definition) is 4. The Labute approximate surface area is 102 Å². The van der Waals surface area contributed by atoms with Crippen LogP contribution in [0.3, 0.4) is 0 Å². The molecule has 2 aromatic rings. The van der Waals surface area contributed by atoms with Crippen LogP contribution < -0.4 is 11.3 Å². The Morgan fingerprint density at radius 2 is 1.83 bits per heavy atom. The summed E-state index contributed by atoms with van der Waals surface area (Å²) in [5, 5.41) is 19.6. The molecule has 6 nitrogen and oxygen atoms in total. The smallest absolute Gasteiger partial charge is 0.339 e. The van der Waals surface area contributed by atoms with Crippen LogP contribution in [0.5, 0.6) is 5.75 Å². The minimum Gasteiger partial charge on any atom is -0.507 e. The van der Waals surface area contributed by atoms with Crippen LogP contribution in [0.25, 0.3) is 10.8 Å². The van der Waals surface area contributed by atoms with Gasteiger partial charge in [-0.3, -0.25) is 10.2 Å². The van der Waals surface area contributed by atoms with Crippen molar-refractivity contribution in [3.63, 3.8) is 0 Å². The lowest BCUT2D eigenvalue weighted by atomic mass is 10.0. The Morgan fingerprint density at radius 3 is 2.44 bits per heavy atom. The first-order valence-electron chi connectivity index (χ1n) is 5.04. The van der Waals surface area contributed by atoms with E-state index in [-0.39, 0.29) is 11.3 Å². The summed E-state index contributed by atoms with van der Waals surface area (Å²) in [5.74, 6) is 3.00. The fourth-order valence-corrected chi connectivity index (χ4v) is 1.68. The Hall–Kier alpha value is -2.60. The molecule has 0 radical (unpaired) electrons. The zero-order valence-electron chi connectivity index (χ0n) is 9.18. The fourth-order valence-electron chi connectivity index (χ4n) is 1.68. The number of benzene rings is 2. The zero-order valence-corrected chi connectivity index (χ0v) is 9.18. The molecule has 18 heavy (non-hydrogen) atoms. The summed E-state index contributed by atoms with van der Waals surface area (Å²) in [4.78, 5) is 22.2. The molecule has 0 atom stereocenters. The predicted molar refractivity (Wildman–Crippen MR) is 64.2 cm³/mol. The van der Waals surface area contributed by atoms with Gasteiger partial charge >= 0.3 is 5.97 Å². The fraction of sp³-hybridized carbons (Fsp3) is 0. The van der Waals surface area contributed by atoms with Crippen molar-refractivity contribution in [1.82, 2.24) is 5.43 Å². The molecule has 6 heteroatoms. The van der Waals surface area contributed by atoms with Crippen LogP contribution in [0, 0.1) is 0 Å². The van der Waals surface area contributed by atoms with Crippen LogP contribution in [-0.4, -0.2) is 22.1 Å². The van der Waals surface area contributed by atoms with Crippen molar-refractivity contribution in [2.75, 3.05) is 0 Å². The van der Waals surface area contributed by atoms with Crippen LogP contribution in [-0.2, 0) is 0 Å². The highest BCUT2D eigenvalue weighted by molar-refractivity contribution is 6.01. The van der Waals surface area contributed by atoms with E-state index in [1.54, 1.807) is 6.07 Å². The van der Waals surface area contributed by atoms with E-state index in [0.717, 1.165) is 0 Å². The number of aromatic carboxylic acids is 1. The topological polar surface area (TPSA) is 113 Å². The van der Waals surface area contributed by atoms with Gasteiger partial charge in [-0.2, -0.15) is 0 Å². The molecule has 0 heterocycles. The number of carboxylic acids is 1. The highest BCUT2D eigenvalue weighted by Gasteiger charge is 2.12. The molecular formula is C12H10N2O4. The average Bonchev–Trinajstić information content (AvgIpc) is 2.36. The molecule has 0 unspecified atom stereocenters. The van der Waals surface area contributed by atoms with E-state index in [4.69, 9.17) is 10.9 Å². The number of nitrogen functional groups attached to an aromatic ring is 1. The lowest BCUT2D eigenvalue weighted by Crippen LogP contribution is -2.29. The molecule has 92 valence electrons. The Bertz CT molecular complexity index is 652. The second-order valence-electron chi connectivity index (χ2n) is 3.71. The van der Waals surface area contributed by atoms with Crippen molar-refractivity contribution in [2.24, 2.45) is 5.84 Å². The van der Waals surface area contributed by atoms with Gasteiger partial charge in [-0.05, 0) is 35.0 Å². The zero-order chi connectivity index (χ0) is 13.3. The standard InChI is InChI=1S/C12H10N2O4/c13-14-11(16)7-2-1-6-5-10(15)9(12(17)18)4-8(6)3-7/h1-5,15H,13H2,(H,14,16)(H,17,18). The van der Waals surface area contributed by atoms with E-state index in [9.17, 15) is 14.7 Å². The number of nitrogens with one attached hydrogen (secondary N) is 1. The summed E-state index contributed by atoms with van der Waals surface area (Å²) in [5.41, 5.74) is 2.09. The van der Waals surface area contributed by atoms with Gasteiger partial charge < -0.3 is 10.2 Å². The van der Waals surface area contributed by atoms with Gasteiger partial charge in [0.2, 0.25) is 0 Å². The van der Waals surface area contributed by atoms with Gasteiger partial charge in [0.05, 0.1) is 0 Å². The Morgan fingerprint density at radius 1 is 1.11 bits per heavy atom. The second-order valence-corrected chi connectivity index (χ2v) is 3.71. The van der Waals surface area contributed by atoms with Crippen LogP contribution in [0.2, 0.25) is 0 Å². The summed E-state index contributed by atoms with van der Waals surface area (Å²) in [6.07, 6.45) is 0. The summed E-state index contributed by atoms with van der Waals surface area (Å²) in [7, 11) is 0. The molecule has 0 aromatic heterocycles. The number of phenols is 1. The second kappa shape index (κ2) is 4.34. The third-order valence-electron chi connectivity index (χ3n) is 2.58. The highest BCUT2D eigenvalue weighted by atomic mass is 16.4. The number of aromatic hydroxyl groups is 1. The number of hydrazine groups is 1. The maximum absolute atomic E-state index is 11.3.